The second kappa shape index (κ2) is 6.81. The van der Waals surface area contributed by atoms with Gasteiger partial charge in [-0.3, -0.25) is 9.98 Å². The third-order valence-electron chi connectivity index (χ3n) is 3.94. The lowest BCUT2D eigenvalue weighted by Gasteiger charge is -2.19. The lowest BCUT2D eigenvalue weighted by Crippen LogP contribution is -2.12. The number of aromatic nitrogens is 1. The molecule has 0 N–H and O–H groups in total. The zero-order chi connectivity index (χ0) is 14.5. The first-order chi connectivity index (χ1) is 10.4. The maximum Gasteiger partial charge on any atom is 0.0793 e. The number of fused-ring (bicyclic) bond motifs is 2. The van der Waals surface area contributed by atoms with Crippen molar-refractivity contribution in [2.45, 2.75) is 45.6 Å². The van der Waals surface area contributed by atoms with Gasteiger partial charge in [-0.25, -0.2) is 0 Å². The van der Waals surface area contributed by atoms with Crippen molar-refractivity contribution in [3.05, 3.63) is 35.5 Å². The van der Waals surface area contributed by atoms with Gasteiger partial charge in [0.25, 0.3) is 0 Å². The molecule has 2 aromatic rings. The molecule has 0 amide bonds. The minimum atomic E-state index is 0.634. The molecule has 0 radical (unpaired) electrons. The van der Waals surface area contributed by atoms with Gasteiger partial charge in [0.1, 0.15) is 0 Å². The lowest BCUT2D eigenvalue weighted by molar-refractivity contribution is 0.110. The number of rotatable bonds is 5. The summed E-state index contributed by atoms with van der Waals surface area (Å²) in [7, 11) is 0. The molecule has 0 aliphatic carbocycles. The first-order valence-corrected chi connectivity index (χ1v) is 7.91. The van der Waals surface area contributed by atoms with Crippen LogP contribution in [0.15, 0.2) is 29.3 Å². The van der Waals surface area contributed by atoms with Crippen molar-refractivity contribution >= 4 is 22.8 Å². The van der Waals surface area contributed by atoms with Crippen molar-refractivity contribution in [3.63, 3.8) is 0 Å². The SMILES string of the molecule is CCCCC/C=N\c1c2c(nc3ccccc13)CCOC2. The van der Waals surface area contributed by atoms with Gasteiger partial charge < -0.3 is 4.74 Å². The monoisotopic (exact) mass is 282 g/mol. The molecular formula is C18H22N2O. The van der Waals surface area contributed by atoms with Gasteiger partial charge in [-0.15, -0.1) is 0 Å². The van der Waals surface area contributed by atoms with Gasteiger partial charge in [-0.2, -0.15) is 0 Å². The number of ether oxygens (including phenoxy) is 1. The molecule has 3 rings (SSSR count). The fourth-order valence-corrected chi connectivity index (χ4v) is 2.77. The summed E-state index contributed by atoms with van der Waals surface area (Å²) in [5.74, 6) is 0. The Hall–Kier alpha value is -1.74. The molecule has 3 nitrogen and oxygen atoms in total. The smallest absolute Gasteiger partial charge is 0.0793 e. The molecule has 0 atom stereocenters. The molecule has 0 fully saturated rings. The molecule has 0 saturated heterocycles. The molecule has 110 valence electrons. The average molecular weight is 282 g/mol. The molecule has 3 heteroatoms. The van der Waals surface area contributed by atoms with Gasteiger partial charge in [0.05, 0.1) is 30.1 Å². The van der Waals surface area contributed by atoms with Gasteiger partial charge in [0.15, 0.2) is 0 Å². The van der Waals surface area contributed by atoms with Crippen molar-refractivity contribution in [2.24, 2.45) is 4.99 Å². The Bertz CT molecular complexity index is 649. The van der Waals surface area contributed by atoms with Crippen LogP contribution in [0.2, 0.25) is 0 Å². The van der Waals surface area contributed by atoms with Crippen LogP contribution in [0, 0.1) is 0 Å². The van der Waals surface area contributed by atoms with E-state index in [2.05, 4.69) is 31.3 Å². The first-order valence-electron chi connectivity index (χ1n) is 7.91. The highest BCUT2D eigenvalue weighted by Crippen LogP contribution is 2.33. The van der Waals surface area contributed by atoms with Gasteiger partial charge in [0, 0.05) is 23.6 Å². The summed E-state index contributed by atoms with van der Waals surface area (Å²) in [5, 5.41) is 1.13. The topological polar surface area (TPSA) is 34.5 Å². The van der Waals surface area contributed by atoms with Crippen molar-refractivity contribution < 1.29 is 4.74 Å². The third kappa shape index (κ3) is 3.13. The van der Waals surface area contributed by atoms with Crippen LogP contribution in [-0.2, 0) is 17.8 Å². The van der Waals surface area contributed by atoms with Crippen molar-refractivity contribution in [1.82, 2.24) is 4.98 Å². The molecule has 1 aliphatic rings. The number of unbranched alkanes of at least 4 members (excludes halogenated alkanes) is 3. The zero-order valence-electron chi connectivity index (χ0n) is 12.6. The van der Waals surface area contributed by atoms with Crippen LogP contribution in [0.4, 0.5) is 5.69 Å². The highest BCUT2D eigenvalue weighted by molar-refractivity contribution is 5.93. The van der Waals surface area contributed by atoms with Gasteiger partial charge in [-0.1, -0.05) is 38.0 Å². The van der Waals surface area contributed by atoms with E-state index in [9.17, 15) is 0 Å². The van der Waals surface area contributed by atoms with E-state index < -0.39 is 0 Å². The minimum Gasteiger partial charge on any atom is -0.376 e. The second-order valence-electron chi connectivity index (χ2n) is 5.51. The number of hydrogen-bond donors (Lipinski definition) is 0. The Kier molecular flexibility index (Phi) is 4.61. The normalized spacial score (nSPS) is 14.7. The van der Waals surface area contributed by atoms with E-state index in [0.717, 1.165) is 41.7 Å². The second-order valence-corrected chi connectivity index (χ2v) is 5.51. The lowest BCUT2D eigenvalue weighted by atomic mass is 10.0. The van der Waals surface area contributed by atoms with Crippen molar-refractivity contribution in [3.8, 4) is 0 Å². The molecule has 1 aromatic carbocycles. The van der Waals surface area contributed by atoms with E-state index in [1.54, 1.807) is 0 Å². The van der Waals surface area contributed by atoms with E-state index in [-0.39, 0.29) is 0 Å². The van der Waals surface area contributed by atoms with Crippen LogP contribution in [0.3, 0.4) is 0 Å². The number of benzene rings is 1. The summed E-state index contributed by atoms with van der Waals surface area (Å²) in [5.41, 5.74) is 4.43. The fourth-order valence-electron chi connectivity index (χ4n) is 2.77. The minimum absolute atomic E-state index is 0.634. The fraction of sp³-hybridized carbons (Fsp3) is 0.444. The Labute approximate surface area is 126 Å². The maximum atomic E-state index is 5.62. The Morgan fingerprint density at radius 1 is 1.29 bits per heavy atom. The van der Waals surface area contributed by atoms with Gasteiger partial charge in [0.2, 0.25) is 0 Å². The molecule has 21 heavy (non-hydrogen) atoms. The van der Waals surface area contributed by atoms with Crippen LogP contribution in [0.25, 0.3) is 10.9 Å². The van der Waals surface area contributed by atoms with E-state index in [0.29, 0.717) is 6.61 Å². The average Bonchev–Trinajstić information content (AvgIpc) is 2.53. The first kappa shape index (κ1) is 14.2. The summed E-state index contributed by atoms with van der Waals surface area (Å²) >= 11 is 0. The number of aliphatic imine (C=N–C) groups is 1. The molecule has 1 aromatic heterocycles. The predicted molar refractivity (Wildman–Crippen MR) is 87.4 cm³/mol. The molecule has 0 bridgehead atoms. The standard InChI is InChI=1S/C18H22N2O/c1-2-3-4-7-11-19-18-14-8-5-6-9-16(14)20-17-10-12-21-13-15(17)18/h5-6,8-9,11H,2-4,7,10,12-13H2,1H3/b19-11-. The van der Waals surface area contributed by atoms with E-state index in [4.69, 9.17) is 14.7 Å². The molecule has 0 unspecified atom stereocenters. The number of para-hydroxylation sites is 1. The summed E-state index contributed by atoms with van der Waals surface area (Å²) in [6.45, 7) is 3.62. The van der Waals surface area contributed by atoms with Gasteiger partial charge in [-0.05, 0) is 18.9 Å². The third-order valence-corrected chi connectivity index (χ3v) is 3.94. The quantitative estimate of drug-likeness (QED) is 0.594. The van der Waals surface area contributed by atoms with Crippen LogP contribution < -0.4 is 0 Å². The summed E-state index contributed by atoms with van der Waals surface area (Å²) < 4.78 is 5.62. The predicted octanol–water partition coefficient (Wildman–Crippen LogP) is 4.59. The number of nitrogens with zero attached hydrogens (tertiary/aromatic N) is 2. The Morgan fingerprint density at radius 3 is 3.10 bits per heavy atom. The Morgan fingerprint density at radius 2 is 2.19 bits per heavy atom. The van der Waals surface area contributed by atoms with Crippen LogP contribution in [0.1, 0.15) is 43.9 Å². The largest absolute Gasteiger partial charge is 0.376 e. The number of pyridine rings is 1. The summed E-state index contributed by atoms with van der Waals surface area (Å²) in [4.78, 5) is 9.55. The molecule has 0 spiro atoms. The molecule has 2 heterocycles. The van der Waals surface area contributed by atoms with Crippen LogP contribution in [-0.4, -0.2) is 17.8 Å². The molecular weight excluding hydrogens is 260 g/mol. The van der Waals surface area contributed by atoms with Gasteiger partial charge >= 0.3 is 0 Å². The zero-order valence-corrected chi connectivity index (χ0v) is 12.6. The van der Waals surface area contributed by atoms with Crippen LogP contribution in [0.5, 0.6) is 0 Å². The van der Waals surface area contributed by atoms with E-state index >= 15 is 0 Å². The summed E-state index contributed by atoms with van der Waals surface area (Å²) in [6.07, 6.45) is 7.71. The maximum absolute atomic E-state index is 5.62. The summed E-state index contributed by atoms with van der Waals surface area (Å²) in [6, 6.07) is 8.27. The highest BCUT2D eigenvalue weighted by atomic mass is 16.5. The highest BCUT2D eigenvalue weighted by Gasteiger charge is 2.17. The molecule has 1 aliphatic heterocycles. The van der Waals surface area contributed by atoms with Crippen LogP contribution >= 0.6 is 0 Å². The van der Waals surface area contributed by atoms with Crippen molar-refractivity contribution in [1.29, 1.82) is 0 Å². The Balaban J connectivity index is 1.97. The van der Waals surface area contributed by atoms with E-state index in [1.807, 2.05) is 6.07 Å². The van der Waals surface area contributed by atoms with E-state index in [1.165, 1.54) is 24.8 Å². The van der Waals surface area contributed by atoms with Crippen molar-refractivity contribution in [2.75, 3.05) is 6.61 Å². The molecule has 0 saturated carbocycles. The number of hydrogen-bond acceptors (Lipinski definition) is 3.